The van der Waals surface area contributed by atoms with E-state index in [9.17, 15) is 14.4 Å². The van der Waals surface area contributed by atoms with Crippen molar-refractivity contribution in [2.45, 2.75) is 33.2 Å². The number of rotatable bonds is 4. The summed E-state index contributed by atoms with van der Waals surface area (Å²) in [6.45, 7) is 6.39. The molecular formula is C34H32N2O3S. The lowest BCUT2D eigenvalue weighted by atomic mass is 10.0. The van der Waals surface area contributed by atoms with Crippen LogP contribution in [0.3, 0.4) is 0 Å². The second kappa shape index (κ2) is 11.5. The Bertz CT molecular complexity index is 1990. The fourth-order valence-corrected chi connectivity index (χ4v) is 6.16. The van der Waals surface area contributed by atoms with E-state index < -0.39 is 0 Å². The van der Waals surface area contributed by atoms with Crippen molar-refractivity contribution in [1.29, 1.82) is 0 Å². The van der Waals surface area contributed by atoms with Gasteiger partial charge >= 0.3 is 0 Å². The van der Waals surface area contributed by atoms with Crippen LogP contribution in [0.5, 0.6) is 0 Å². The lowest BCUT2D eigenvalue weighted by Crippen LogP contribution is -2.17. The highest BCUT2D eigenvalue weighted by Crippen LogP contribution is 2.26. The second-order valence-corrected chi connectivity index (χ2v) is 10.9. The highest BCUT2D eigenvalue weighted by atomic mass is 32.2. The minimum Gasteiger partial charge on any atom is -0.341 e. The van der Waals surface area contributed by atoms with E-state index in [4.69, 9.17) is 0 Å². The monoisotopic (exact) mass is 548 g/mol. The molecule has 0 aliphatic carbocycles. The Kier molecular flexibility index (Phi) is 7.90. The molecule has 0 saturated heterocycles. The fourth-order valence-electron chi connectivity index (χ4n) is 5.47. The Hall–Kier alpha value is -4.16. The minimum absolute atomic E-state index is 0.0992. The summed E-state index contributed by atoms with van der Waals surface area (Å²) in [4.78, 5) is 39.0. The molecule has 2 aromatic heterocycles. The maximum Gasteiger partial charge on any atom is 0.228 e. The fraction of sp³-hybridized carbons (Fsp3) is 0.206. The molecule has 0 amide bonds. The number of nitrogens with zero attached hydrogens (tertiary/aromatic N) is 2. The number of aromatic nitrogens is 2. The molecule has 0 saturated carbocycles. The highest BCUT2D eigenvalue weighted by Gasteiger charge is 2.17. The SMILES string of the molecule is CCn1c2ccccc2c(=O)c2cc3c(cc21)c(=O)c1ccccc1n3C(C)=O.CSCC(C)c1ccccc1. The van der Waals surface area contributed by atoms with E-state index in [0.29, 0.717) is 50.6 Å². The quantitative estimate of drug-likeness (QED) is 0.215. The van der Waals surface area contributed by atoms with Crippen molar-refractivity contribution >= 4 is 61.3 Å². The Morgan fingerprint density at radius 2 is 1.25 bits per heavy atom. The third-order valence-electron chi connectivity index (χ3n) is 7.38. The molecule has 6 heteroatoms. The zero-order valence-corrected chi connectivity index (χ0v) is 24.0. The van der Waals surface area contributed by atoms with Crippen LogP contribution < -0.4 is 10.9 Å². The Labute approximate surface area is 237 Å². The third-order valence-corrected chi connectivity index (χ3v) is 8.21. The number of para-hydroxylation sites is 2. The standard InChI is InChI=1S/C24H18N2O3.C10H14S/c1-3-25-19-10-6-4-8-15(19)23(28)17-13-22-18(12-21(17)25)24(29)16-9-5-7-11-20(16)26(22)14(2)27;1-9(8-11-2)10-6-4-3-5-7-10/h4-13H,3H2,1-2H3;3-7,9H,8H2,1-2H3. The van der Waals surface area contributed by atoms with Crippen molar-refractivity contribution < 1.29 is 4.79 Å². The van der Waals surface area contributed by atoms with Crippen LogP contribution in [0.25, 0.3) is 43.6 Å². The summed E-state index contributed by atoms with van der Waals surface area (Å²) in [6, 6.07) is 28.7. The number of benzene rings is 4. The van der Waals surface area contributed by atoms with Crippen LogP contribution in [0.1, 0.15) is 37.0 Å². The number of fused-ring (bicyclic) bond motifs is 4. The van der Waals surface area contributed by atoms with E-state index in [2.05, 4.69) is 43.5 Å². The molecule has 6 rings (SSSR count). The van der Waals surface area contributed by atoms with Gasteiger partial charge in [0.25, 0.3) is 0 Å². The van der Waals surface area contributed by atoms with Gasteiger partial charge in [-0.15, -0.1) is 0 Å². The summed E-state index contributed by atoms with van der Waals surface area (Å²) in [5.74, 6) is 1.69. The van der Waals surface area contributed by atoms with E-state index in [0.717, 1.165) is 5.52 Å². The Morgan fingerprint density at radius 3 is 1.85 bits per heavy atom. The molecule has 1 atom stereocenters. The van der Waals surface area contributed by atoms with Gasteiger partial charge in [0.05, 0.1) is 22.1 Å². The summed E-state index contributed by atoms with van der Waals surface area (Å²) >= 11 is 1.90. The molecule has 0 radical (unpaired) electrons. The summed E-state index contributed by atoms with van der Waals surface area (Å²) in [7, 11) is 0. The molecule has 0 N–H and O–H groups in total. The van der Waals surface area contributed by atoms with Gasteiger partial charge in [-0.05, 0) is 66.8 Å². The van der Waals surface area contributed by atoms with Crippen molar-refractivity contribution in [3.63, 3.8) is 0 Å². The predicted molar refractivity (Wildman–Crippen MR) is 170 cm³/mol. The average Bonchev–Trinajstić information content (AvgIpc) is 2.98. The number of aryl methyl sites for hydroxylation is 1. The lowest BCUT2D eigenvalue weighted by Gasteiger charge is -2.16. The average molecular weight is 549 g/mol. The topological polar surface area (TPSA) is 61.1 Å². The van der Waals surface area contributed by atoms with Crippen LogP contribution >= 0.6 is 11.8 Å². The van der Waals surface area contributed by atoms with Gasteiger partial charge in [0.2, 0.25) is 5.91 Å². The molecule has 202 valence electrons. The van der Waals surface area contributed by atoms with Gasteiger partial charge in [0, 0.05) is 35.0 Å². The first-order valence-electron chi connectivity index (χ1n) is 13.4. The van der Waals surface area contributed by atoms with Crippen molar-refractivity contribution in [3.8, 4) is 0 Å². The van der Waals surface area contributed by atoms with E-state index in [1.807, 2.05) is 47.5 Å². The van der Waals surface area contributed by atoms with Gasteiger partial charge in [-0.1, -0.05) is 61.5 Å². The molecule has 4 aromatic carbocycles. The van der Waals surface area contributed by atoms with Crippen molar-refractivity contribution in [3.05, 3.63) is 117 Å². The van der Waals surface area contributed by atoms with Crippen LogP contribution in [0, 0.1) is 0 Å². The smallest absolute Gasteiger partial charge is 0.228 e. The number of hydrogen-bond donors (Lipinski definition) is 0. The van der Waals surface area contributed by atoms with Crippen LogP contribution in [-0.2, 0) is 6.54 Å². The maximum atomic E-state index is 13.2. The van der Waals surface area contributed by atoms with Gasteiger partial charge in [-0.2, -0.15) is 11.8 Å². The molecule has 2 heterocycles. The molecule has 0 spiro atoms. The largest absolute Gasteiger partial charge is 0.341 e. The molecule has 6 aromatic rings. The van der Waals surface area contributed by atoms with Gasteiger partial charge in [0.15, 0.2) is 10.9 Å². The molecule has 1 unspecified atom stereocenters. The maximum absolute atomic E-state index is 13.2. The first-order chi connectivity index (χ1) is 19.4. The van der Waals surface area contributed by atoms with Crippen LogP contribution in [-0.4, -0.2) is 27.1 Å². The summed E-state index contributed by atoms with van der Waals surface area (Å²) in [5, 5.41) is 2.05. The summed E-state index contributed by atoms with van der Waals surface area (Å²) < 4.78 is 3.56. The number of hydrogen-bond acceptors (Lipinski definition) is 4. The van der Waals surface area contributed by atoms with Crippen molar-refractivity contribution in [1.82, 2.24) is 9.13 Å². The first kappa shape index (κ1) is 27.4. The molecule has 0 aliphatic heterocycles. The van der Waals surface area contributed by atoms with Gasteiger partial charge in [-0.25, -0.2) is 0 Å². The molecule has 5 nitrogen and oxygen atoms in total. The number of thioether (sulfide) groups is 1. The predicted octanol–water partition coefficient (Wildman–Crippen LogP) is 7.46. The van der Waals surface area contributed by atoms with Crippen molar-refractivity contribution in [2.75, 3.05) is 12.0 Å². The zero-order valence-electron chi connectivity index (χ0n) is 23.2. The van der Waals surface area contributed by atoms with Crippen LogP contribution in [0.2, 0.25) is 0 Å². The number of carbonyl (C=O) groups is 1. The number of carbonyl (C=O) groups excluding carboxylic acids is 1. The van der Waals surface area contributed by atoms with Gasteiger partial charge in [-0.3, -0.25) is 19.0 Å². The first-order valence-corrected chi connectivity index (χ1v) is 14.8. The van der Waals surface area contributed by atoms with E-state index >= 15 is 0 Å². The van der Waals surface area contributed by atoms with Crippen molar-refractivity contribution in [2.24, 2.45) is 0 Å². The molecule has 40 heavy (non-hydrogen) atoms. The van der Waals surface area contributed by atoms with E-state index in [1.165, 1.54) is 22.8 Å². The lowest BCUT2D eigenvalue weighted by molar-refractivity contribution is 0.0946. The second-order valence-electron chi connectivity index (χ2n) is 9.94. The number of pyridine rings is 2. The van der Waals surface area contributed by atoms with E-state index in [1.54, 1.807) is 36.4 Å². The summed E-state index contributed by atoms with van der Waals surface area (Å²) in [6.07, 6.45) is 2.15. The third kappa shape index (κ3) is 4.84. The van der Waals surface area contributed by atoms with Gasteiger partial charge in [0.1, 0.15) is 0 Å². The minimum atomic E-state index is -0.206. The zero-order chi connectivity index (χ0) is 28.4. The Balaban J connectivity index is 0.000000248. The summed E-state index contributed by atoms with van der Waals surface area (Å²) in [5.41, 5.74) is 3.75. The highest BCUT2D eigenvalue weighted by molar-refractivity contribution is 7.98. The normalized spacial score (nSPS) is 12.0. The Morgan fingerprint density at radius 1 is 0.725 bits per heavy atom. The van der Waals surface area contributed by atoms with Gasteiger partial charge < -0.3 is 4.57 Å². The molecular weight excluding hydrogens is 516 g/mol. The van der Waals surface area contributed by atoms with E-state index in [-0.39, 0.29) is 16.8 Å². The molecule has 0 bridgehead atoms. The van der Waals surface area contributed by atoms with Crippen LogP contribution in [0.4, 0.5) is 0 Å². The van der Waals surface area contributed by atoms with Crippen LogP contribution in [0.15, 0.2) is 101 Å². The molecule has 0 fully saturated rings. The molecule has 0 aliphatic rings.